The lowest BCUT2D eigenvalue weighted by atomic mass is 9.75. The van der Waals surface area contributed by atoms with Crippen LogP contribution in [0.1, 0.15) is 37.4 Å². The smallest absolute Gasteiger partial charge is 0.335 e. The van der Waals surface area contributed by atoms with Crippen LogP contribution in [0.3, 0.4) is 0 Å². The van der Waals surface area contributed by atoms with Crippen molar-refractivity contribution in [3.63, 3.8) is 0 Å². The second-order valence-electron chi connectivity index (χ2n) is 8.88. The summed E-state index contributed by atoms with van der Waals surface area (Å²) in [6, 6.07) is 24.2. The molecule has 2 aliphatic rings. The number of hydrogen-bond acceptors (Lipinski definition) is 7. The highest BCUT2D eigenvalue weighted by Gasteiger charge is 2.56. The number of carboxylic acid groups (broad SMARTS) is 1. The Kier molecular flexibility index (Phi) is 5.20. The Morgan fingerprint density at radius 3 is 2.11 bits per heavy atom. The van der Waals surface area contributed by atoms with Crippen molar-refractivity contribution in [1.29, 1.82) is 0 Å². The standard InChI is InChI=1S/C29H21N5O4/c30-18-7-11-23-25(15-18)38-26-16-19(31)8-12-24(26)29(23)22-4-2-1-3-21(22)27(35)34(29)33-14-13-32-20-9-5-17(6-10-20)28(36)37/h1-16H,30-31H2,(H,36,37). The number of ether oxygens (including phenoxy) is 1. The number of nitrogens with two attached hydrogens (primary N) is 2. The van der Waals surface area contributed by atoms with E-state index < -0.39 is 11.5 Å². The number of nitrogen functional groups attached to an aromatic ring is 2. The van der Waals surface area contributed by atoms with Crippen LogP contribution in [0.25, 0.3) is 0 Å². The Bertz CT molecular complexity index is 1630. The second kappa shape index (κ2) is 8.59. The van der Waals surface area contributed by atoms with E-state index in [0.717, 1.165) is 5.56 Å². The minimum Gasteiger partial charge on any atom is -0.478 e. The van der Waals surface area contributed by atoms with Crippen molar-refractivity contribution in [3.05, 3.63) is 113 Å². The summed E-state index contributed by atoms with van der Waals surface area (Å²) in [6.45, 7) is 0. The van der Waals surface area contributed by atoms with Gasteiger partial charge in [0.05, 0.1) is 17.5 Å². The summed E-state index contributed by atoms with van der Waals surface area (Å²) < 4.78 is 6.22. The summed E-state index contributed by atoms with van der Waals surface area (Å²) in [5, 5.41) is 15.1. The Hall–Kier alpha value is -5.44. The number of amides is 1. The topological polar surface area (TPSA) is 144 Å². The predicted molar refractivity (Wildman–Crippen MR) is 144 cm³/mol. The molecule has 5 N–H and O–H groups in total. The van der Waals surface area contributed by atoms with Crippen molar-refractivity contribution >= 4 is 41.4 Å². The Balaban J connectivity index is 1.50. The molecule has 38 heavy (non-hydrogen) atoms. The molecule has 9 nitrogen and oxygen atoms in total. The minimum atomic E-state index is -1.13. The fraction of sp³-hybridized carbons (Fsp3) is 0.0345. The molecule has 1 spiro atoms. The van der Waals surface area contributed by atoms with E-state index in [-0.39, 0.29) is 11.5 Å². The van der Waals surface area contributed by atoms with E-state index in [1.54, 1.807) is 42.5 Å². The van der Waals surface area contributed by atoms with Crippen molar-refractivity contribution in [2.45, 2.75) is 5.54 Å². The Morgan fingerprint density at radius 1 is 0.842 bits per heavy atom. The number of fused-ring (bicyclic) bond motifs is 6. The zero-order chi connectivity index (χ0) is 26.4. The number of rotatable bonds is 4. The maximum Gasteiger partial charge on any atom is 0.335 e. The van der Waals surface area contributed by atoms with Crippen molar-refractivity contribution in [1.82, 2.24) is 5.01 Å². The van der Waals surface area contributed by atoms with Crippen LogP contribution >= 0.6 is 0 Å². The molecular weight excluding hydrogens is 482 g/mol. The molecule has 0 bridgehead atoms. The summed E-state index contributed by atoms with van der Waals surface area (Å²) in [4.78, 5) is 29.2. The molecule has 6 rings (SSSR count). The summed E-state index contributed by atoms with van der Waals surface area (Å²) in [5.41, 5.74) is 15.5. The van der Waals surface area contributed by atoms with Gasteiger partial charge in [-0.25, -0.2) is 9.80 Å². The second-order valence-corrected chi connectivity index (χ2v) is 8.88. The molecule has 4 aromatic carbocycles. The van der Waals surface area contributed by atoms with E-state index in [9.17, 15) is 9.59 Å². The molecule has 0 atom stereocenters. The maximum absolute atomic E-state index is 13.8. The number of carboxylic acids is 1. The monoisotopic (exact) mass is 503 g/mol. The molecule has 2 heterocycles. The van der Waals surface area contributed by atoms with Crippen molar-refractivity contribution in [2.75, 3.05) is 11.5 Å². The summed E-state index contributed by atoms with van der Waals surface area (Å²) in [7, 11) is 0. The first-order valence-electron chi connectivity index (χ1n) is 11.7. The van der Waals surface area contributed by atoms with Gasteiger partial charge in [0.2, 0.25) is 0 Å². The summed E-state index contributed by atoms with van der Waals surface area (Å²) in [5.74, 6) is -0.302. The zero-order valence-electron chi connectivity index (χ0n) is 19.9. The number of aromatic carboxylic acids is 1. The number of nitrogens with zero attached hydrogens (tertiary/aromatic N) is 3. The summed E-state index contributed by atoms with van der Waals surface area (Å²) in [6.07, 6.45) is 2.88. The van der Waals surface area contributed by atoms with E-state index in [2.05, 4.69) is 10.1 Å². The molecule has 0 radical (unpaired) electrons. The minimum absolute atomic E-state index is 0.165. The lowest BCUT2D eigenvalue weighted by molar-refractivity contribution is 0.0672. The van der Waals surface area contributed by atoms with E-state index in [1.165, 1.54) is 29.6 Å². The first-order chi connectivity index (χ1) is 18.4. The number of benzene rings is 4. The van der Waals surface area contributed by atoms with Crippen LogP contribution in [0.4, 0.5) is 17.1 Å². The lowest BCUT2D eigenvalue weighted by Gasteiger charge is -2.41. The number of aliphatic imine (C=N–C) groups is 1. The van der Waals surface area contributed by atoms with Gasteiger partial charge in [-0.15, -0.1) is 0 Å². The highest BCUT2D eigenvalue weighted by atomic mass is 16.5. The first kappa shape index (κ1) is 23.0. The van der Waals surface area contributed by atoms with E-state index in [4.69, 9.17) is 21.3 Å². The molecule has 186 valence electrons. The normalized spacial score (nSPS) is 14.9. The van der Waals surface area contributed by atoms with Crippen LogP contribution in [0, 0.1) is 0 Å². The molecule has 0 saturated heterocycles. The third-order valence-corrected chi connectivity index (χ3v) is 6.65. The molecule has 0 unspecified atom stereocenters. The van der Waals surface area contributed by atoms with Crippen LogP contribution in [0.15, 0.2) is 95.0 Å². The molecule has 4 aromatic rings. The number of hydrazone groups is 1. The SMILES string of the molecule is Nc1ccc2c(c1)Oc1cc(N)ccc1C21c2ccccc2C(=O)N1N=CC=Nc1ccc(C(=O)O)cc1. The quantitative estimate of drug-likeness (QED) is 0.270. The van der Waals surface area contributed by atoms with Crippen molar-refractivity contribution in [2.24, 2.45) is 10.1 Å². The fourth-order valence-electron chi connectivity index (χ4n) is 5.04. The van der Waals surface area contributed by atoms with Gasteiger partial charge in [0.15, 0.2) is 0 Å². The zero-order valence-corrected chi connectivity index (χ0v) is 19.9. The van der Waals surface area contributed by atoms with Gasteiger partial charge in [0, 0.05) is 52.0 Å². The van der Waals surface area contributed by atoms with Gasteiger partial charge in [-0.2, -0.15) is 5.10 Å². The third kappa shape index (κ3) is 3.40. The average molecular weight is 504 g/mol. The number of carbonyl (C=O) groups is 2. The van der Waals surface area contributed by atoms with Gasteiger partial charge < -0.3 is 21.3 Å². The van der Waals surface area contributed by atoms with E-state index in [1.807, 2.05) is 30.3 Å². The highest BCUT2D eigenvalue weighted by Crippen LogP contribution is 2.57. The predicted octanol–water partition coefficient (Wildman–Crippen LogP) is 4.79. The molecule has 9 heteroatoms. The molecule has 0 saturated carbocycles. The van der Waals surface area contributed by atoms with Crippen molar-refractivity contribution < 1.29 is 19.4 Å². The number of hydrogen-bond donors (Lipinski definition) is 3. The van der Waals surface area contributed by atoms with Gasteiger partial charge in [-0.05, 0) is 42.5 Å². The molecule has 0 fully saturated rings. The Labute approximate surface area is 217 Å². The molecular formula is C29H21N5O4. The van der Waals surface area contributed by atoms with Crippen LogP contribution in [0.2, 0.25) is 0 Å². The average Bonchev–Trinajstić information content (AvgIpc) is 3.15. The van der Waals surface area contributed by atoms with Gasteiger partial charge in [-0.1, -0.05) is 30.3 Å². The van der Waals surface area contributed by atoms with Gasteiger partial charge in [-0.3, -0.25) is 9.79 Å². The molecule has 0 aliphatic carbocycles. The van der Waals surface area contributed by atoms with Crippen LogP contribution in [-0.4, -0.2) is 34.4 Å². The number of anilines is 2. The van der Waals surface area contributed by atoms with E-state index >= 15 is 0 Å². The fourth-order valence-corrected chi connectivity index (χ4v) is 5.04. The van der Waals surface area contributed by atoms with E-state index in [0.29, 0.717) is 45.3 Å². The van der Waals surface area contributed by atoms with Crippen LogP contribution < -0.4 is 16.2 Å². The third-order valence-electron chi connectivity index (χ3n) is 6.65. The largest absolute Gasteiger partial charge is 0.478 e. The van der Waals surface area contributed by atoms with Gasteiger partial charge in [0.1, 0.15) is 17.0 Å². The van der Waals surface area contributed by atoms with Crippen LogP contribution in [0.5, 0.6) is 11.5 Å². The van der Waals surface area contributed by atoms with Gasteiger partial charge in [0.25, 0.3) is 5.91 Å². The maximum atomic E-state index is 13.8. The van der Waals surface area contributed by atoms with Crippen LogP contribution in [-0.2, 0) is 5.54 Å². The van der Waals surface area contributed by atoms with Crippen molar-refractivity contribution in [3.8, 4) is 11.5 Å². The number of carbonyl (C=O) groups excluding carboxylic acids is 1. The molecule has 1 amide bonds. The first-order valence-corrected chi connectivity index (χ1v) is 11.7. The molecule has 0 aromatic heterocycles. The summed E-state index contributed by atoms with van der Waals surface area (Å²) >= 11 is 0. The molecule has 2 aliphatic heterocycles. The highest BCUT2D eigenvalue weighted by molar-refractivity contribution is 6.17. The lowest BCUT2D eigenvalue weighted by Crippen LogP contribution is -2.44. The van der Waals surface area contributed by atoms with Gasteiger partial charge >= 0.3 is 5.97 Å². The Morgan fingerprint density at radius 2 is 1.47 bits per heavy atom.